The van der Waals surface area contributed by atoms with Gasteiger partial charge in [0.2, 0.25) is 5.95 Å². The Morgan fingerprint density at radius 3 is 3.25 bits per heavy atom. The van der Waals surface area contributed by atoms with E-state index in [9.17, 15) is 0 Å². The summed E-state index contributed by atoms with van der Waals surface area (Å²) in [5.74, 6) is 0.736. The van der Waals surface area contributed by atoms with E-state index in [1.54, 1.807) is 0 Å². The molecule has 2 aromatic heterocycles. The maximum Gasteiger partial charge on any atom is 0.223 e. The molecule has 0 bridgehead atoms. The highest BCUT2D eigenvalue weighted by Gasteiger charge is 2.19. The van der Waals surface area contributed by atoms with Crippen LogP contribution in [0.2, 0.25) is 0 Å². The van der Waals surface area contributed by atoms with Gasteiger partial charge < -0.3 is 5.32 Å². The highest BCUT2D eigenvalue weighted by Crippen LogP contribution is 2.35. The highest BCUT2D eigenvalue weighted by atomic mass is 32.1. The molecule has 0 fully saturated rings. The molecule has 82 valence electrons. The summed E-state index contributed by atoms with van der Waals surface area (Å²) < 4.78 is 0. The second kappa shape index (κ2) is 3.87. The molecule has 0 saturated heterocycles. The molecule has 3 nitrogen and oxygen atoms in total. The summed E-state index contributed by atoms with van der Waals surface area (Å²) >= 11 is 1.83. The van der Waals surface area contributed by atoms with E-state index in [1.165, 1.54) is 16.0 Å². The van der Waals surface area contributed by atoms with E-state index in [4.69, 9.17) is 0 Å². The summed E-state index contributed by atoms with van der Waals surface area (Å²) in [5.41, 5.74) is 3.69. The number of thiophene rings is 1. The molecule has 0 spiro atoms. The van der Waals surface area contributed by atoms with Gasteiger partial charge in [-0.15, -0.1) is 11.3 Å². The average molecular weight is 231 g/mol. The molecule has 0 aliphatic heterocycles. The second-order valence-electron chi connectivity index (χ2n) is 3.86. The number of fused-ring (bicyclic) bond motifs is 3. The standard InChI is InChI=1S/C12H13N3S/c1-2-13-12-14-7-8-3-4-10-9(5-6-16-10)11(8)15-12/h5-7H,2-4H2,1H3,(H,13,14,15). The first-order valence-corrected chi connectivity index (χ1v) is 6.43. The van der Waals surface area contributed by atoms with E-state index in [0.29, 0.717) is 0 Å². The van der Waals surface area contributed by atoms with Gasteiger partial charge in [0.1, 0.15) is 0 Å². The topological polar surface area (TPSA) is 37.8 Å². The molecular weight excluding hydrogens is 218 g/mol. The molecule has 0 radical (unpaired) electrons. The molecule has 0 saturated carbocycles. The minimum absolute atomic E-state index is 0.736. The predicted molar refractivity (Wildman–Crippen MR) is 66.9 cm³/mol. The van der Waals surface area contributed by atoms with E-state index >= 15 is 0 Å². The fraction of sp³-hybridized carbons (Fsp3) is 0.333. The lowest BCUT2D eigenvalue weighted by atomic mass is 9.97. The van der Waals surface area contributed by atoms with E-state index in [1.807, 2.05) is 17.5 Å². The van der Waals surface area contributed by atoms with Crippen molar-refractivity contribution in [2.75, 3.05) is 11.9 Å². The fourth-order valence-electron chi connectivity index (χ4n) is 2.06. The second-order valence-corrected chi connectivity index (χ2v) is 4.86. The zero-order valence-electron chi connectivity index (χ0n) is 9.16. The minimum atomic E-state index is 0.736. The lowest BCUT2D eigenvalue weighted by molar-refractivity contribution is 0.926. The molecule has 1 aliphatic carbocycles. The van der Waals surface area contributed by atoms with Crippen LogP contribution in [-0.2, 0) is 12.8 Å². The van der Waals surface area contributed by atoms with E-state index in [-0.39, 0.29) is 0 Å². The van der Waals surface area contributed by atoms with Crippen molar-refractivity contribution in [3.63, 3.8) is 0 Å². The molecule has 3 rings (SSSR count). The van der Waals surface area contributed by atoms with Crippen molar-refractivity contribution in [1.29, 1.82) is 0 Å². The van der Waals surface area contributed by atoms with Crippen molar-refractivity contribution < 1.29 is 0 Å². The van der Waals surface area contributed by atoms with Crippen LogP contribution in [0.15, 0.2) is 17.6 Å². The number of hydrogen-bond donors (Lipinski definition) is 1. The number of rotatable bonds is 2. The van der Waals surface area contributed by atoms with Gasteiger partial charge in [-0.25, -0.2) is 9.97 Å². The number of nitrogens with zero attached hydrogens (tertiary/aromatic N) is 2. The highest BCUT2D eigenvalue weighted by molar-refractivity contribution is 7.10. The molecule has 1 aliphatic rings. The largest absolute Gasteiger partial charge is 0.354 e. The normalized spacial score (nSPS) is 13.1. The summed E-state index contributed by atoms with van der Waals surface area (Å²) in [5, 5.41) is 5.31. The number of nitrogens with one attached hydrogen (secondary N) is 1. The van der Waals surface area contributed by atoms with Gasteiger partial charge in [-0.3, -0.25) is 0 Å². The third-order valence-corrected chi connectivity index (χ3v) is 3.80. The van der Waals surface area contributed by atoms with Crippen molar-refractivity contribution in [1.82, 2.24) is 9.97 Å². The van der Waals surface area contributed by atoms with Crippen molar-refractivity contribution in [2.24, 2.45) is 0 Å². The number of hydrogen-bond acceptors (Lipinski definition) is 4. The van der Waals surface area contributed by atoms with Crippen LogP contribution in [0.3, 0.4) is 0 Å². The Morgan fingerprint density at radius 2 is 2.38 bits per heavy atom. The Labute approximate surface area is 98.6 Å². The van der Waals surface area contributed by atoms with Crippen LogP contribution in [-0.4, -0.2) is 16.5 Å². The lowest BCUT2D eigenvalue weighted by Crippen LogP contribution is -2.08. The maximum atomic E-state index is 4.60. The zero-order valence-corrected chi connectivity index (χ0v) is 9.97. The Kier molecular flexibility index (Phi) is 2.36. The SMILES string of the molecule is CCNc1ncc2c(n1)-c1ccsc1CC2. The van der Waals surface area contributed by atoms with E-state index < -0.39 is 0 Å². The first-order valence-electron chi connectivity index (χ1n) is 5.55. The number of anilines is 1. The summed E-state index contributed by atoms with van der Waals surface area (Å²) in [6.07, 6.45) is 4.15. The first kappa shape index (κ1) is 9.78. The van der Waals surface area contributed by atoms with Gasteiger partial charge in [0.05, 0.1) is 5.69 Å². The van der Waals surface area contributed by atoms with Crippen LogP contribution >= 0.6 is 11.3 Å². The van der Waals surface area contributed by atoms with Crippen LogP contribution in [0, 0.1) is 0 Å². The molecular formula is C12H13N3S. The molecule has 0 aromatic carbocycles. The molecule has 16 heavy (non-hydrogen) atoms. The Hall–Kier alpha value is -1.42. The number of aryl methyl sites for hydroxylation is 2. The van der Waals surface area contributed by atoms with E-state index in [0.717, 1.165) is 31.0 Å². The quantitative estimate of drug-likeness (QED) is 0.863. The summed E-state index contributed by atoms with van der Waals surface area (Å²) in [6, 6.07) is 2.17. The molecule has 0 unspecified atom stereocenters. The predicted octanol–water partition coefficient (Wildman–Crippen LogP) is 2.74. The van der Waals surface area contributed by atoms with Crippen LogP contribution in [0.5, 0.6) is 0 Å². The minimum Gasteiger partial charge on any atom is -0.354 e. The van der Waals surface area contributed by atoms with Crippen LogP contribution in [0.1, 0.15) is 17.4 Å². The third-order valence-electron chi connectivity index (χ3n) is 2.82. The average Bonchev–Trinajstić information content (AvgIpc) is 2.78. The van der Waals surface area contributed by atoms with Crippen molar-refractivity contribution in [2.45, 2.75) is 19.8 Å². The van der Waals surface area contributed by atoms with Gasteiger partial charge in [-0.2, -0.15) is 0 Å². The lowest BCUT2D eigenvalue weighted by Gasteiger charge is -2.15. The summed E-state index contributed by atoms with van der Waals surface area (Å²) in [7, 11) is 0. The van der Waals surface area contributed by atoms with Crippen molar-refractivity contribution in [3.8, 4) is 11.3 Å². The molecule has 2 aromatic rings. The van der Waals surface area contributed by atoms with Gasteiger partial charge in [0.15, 0.2) is 0 Å². The Morgan fingerprint density at radius 1 is 1.44 bits per heavy atom. The Bertz CT molecular complexity index is 519. The third kappa shape index (κ3) is 1.50. The van der Waals surface area contributed by atoms with Gasteiger partial charge in [-0.05, 0) is 36.8 Å². The Balaban J connectivity index is 2.11. The zero-order chi connectivity index (χ0) is 11.0. The van der Waals surface area contributed by atoms with Gasteiger partial charge >= 0.3 is 0 Å². The summed E-state index contributed by atoms with van der Waals surface area (Å²) in [4.78, 5) is 10.4. The summed E-state index contributed by atoms with van der Waals surface area (Å²) in [6.45, 7) is 2.91. The first-order chi connectivity index (χ1) is 7.88. The molecule has 4 heteroatoms. The molecule has 0 atom stereocenters. The molecule has 2 heterocycles. The van der Waals surface area contributed by atoms with Crippen molar-refractivity contribution >= 4 is 17.3 Å². The van der Waals surface area contributed by atoms with Crippen LogP contribution in [0.4, 0.5) is 5.95 Å². The van der Waals surface area contributed by atoms with Gasteiger partial charge in [-0.1, -0.05) is 0 Å². The molecule has 1 N–H and O–H groups in total. The van der Waals surface area contributed by atoms with Crippen molar-refractivity contribution in [3.05, 3.63) is 28.1 Å². The maximum absolute atomic E-state index is 4.60. The van der Waals surface area contributed by atoms with Crippen LogP contribution in [0.25, 0.3) is 11.3 Å². The smallest absolute Gasteiger partial charge is 0.223 e. The van der Waals surface area contributed by atoms with E-state index in [2.05, 4.69) is 33.7 Å². The van der Waals surface area contributed by atoms with Crippen LogP contribution < -0.4 is 5.32 Å². The monoisotopic (exact) mass is 231 g/mol. The van der Waals surface area contributed by atoms with Gasteiger partial charge in [0, 0.05) is 23.2 Å². The fourth-order valence-corrected chi connectivity index (χ4v) is 2.94. The van der Waals surface area contributed by atoms with Gasteiger partial charge in [0.25, 0.3) is 0 Å². The molecule has 0 amide bonds. The number of aromatic nitrogens is 2.